The largest absolute Gasteiger partial charge is 0.494 e. The molecule has 194 valence electrons. The van der Waals surface area contributed by atoms with Crippen LogP contribution in [-0.2, 0) is 12.8 Å². The average Bonchev–Trinajstić information content (AvgIpc) is 3.32. The highest BCUT2D eigenvalue weighted by Gasteiger charge is 2.26. The van der Waals surface area contributed by atoms with Gasteiger partial charge in [0.05, 0.1) is 16.8 Å². The van der Waals surface area contributed by atoms with Crippen LogP contribution in [-0.4, -0.2) is 21.7 Å². The van der Waals surface area contributed by atoms with Crippen LogP contribution in [0.1, 0.15) is 50.3 Å². The molecule has 0 saturated heterocycles. The number of benzene rings is 3. The molecule has 2 heterocycles. The summed E-state index contributed by atoms with van der Waals surface area (Å²) in [6, 6.07) is 20.1. The van der Waals surface area contributed by atoms with Gasteiger partial charge in [-0.3, -0.25) is 9.59 Å². The van der Waals surface area contributed by atoms with E-state index >= 15 is 0 Å². The predicted octanol–water partition coefficient (Wildman–Crippen LogP) is 7.07. The summed E-state index contributed by atoms with van der Waals surface area (Å²) in [4.78, 5) is 32.9. The predicted molar refractivity (Wildman–Crippen MR) is 154 cm³/mol. The van der Waals surface area contributed by atoms with Crippen LogP contribution in [0.5, 0.6) is 5.88 Å². The van der Waals surface area contributed by atoms with Crippen molar-refractivity contribution >= 4 is 39.1 Å². The number of hydrogen-bond donors (Lipinski definition) is 1. The molecule has 1 N–H and O–H groups in total. The van der Waals surface area contributed by atoms with Gasteiger partial charge in [-0.1, -0.05) is 48.0 Å². The third-order valence-corrected chi connectivity index (χ3v) is 8.37. The van der Waals surface area contributed by atoms with Gasteiger partial charge in [0.15, 0.2) is 5.78 Å². The van der Waals surface area contributed by atoms with Gasteiger partial charge in [-0.25, -0.2) is 13.9 Å². The fraction of sp³-hybridized carbons (Fsp3) is 0.156. The highest BCUT2D eigenvalue weighted by Crippen LogP contribution is 2.41. The smallest absolute Gasteiger partial charge is 0.265 e. The van der Waals surface area contributed by atoms with Crippen molar-refractivity contribution in [3.63, 3.8) is 0 Å². The van der Waals surface area contributed by atoms with Crippen LogP contribution in [0.15, 0.2) is 82.6 Å². The summed E-state index contributed by atoms with van der Waals surface area (Å²) in [6.07, 6.45) is 5.18. The van der Waals surface area contributed by atoms with Gasteiger partial charge in [0.1, 0.15) is 10.8 Å². The first-order valence-electron chi connectivity index (χ1n) is 12.8. The molecule has 0 aliphatic heterocycles. The zero-order valence-electron chi connectivity index (χ0n) is 21.3. The number of pyridine rings is 1. The number of carbonyl (C=O) groups excluding carboxylic acids is 1. The second kappa shape index (κ2) is 10.1. The Bertz CT molecular complexity index is 1830. The van der Waals surface area contributed by atoms with Gasteiger partial charge in [0.25, 0.3) is 5.56 Å². The molecule has 5 aromatic rings. The molecule has 1 aliphatic carbocycles. The number of aromatic nitrogens is 1. The molecular formula is C32H25FN2O3S. The normalized spacial score (nSPS) is 13.2. The fourth-order valence-corrected chi connectivity index (χ4v) is 6.43. The second-order valence-corrected chi connectivity index (χ2v) is 10.8. The number of fused-ring (bicyclic) bond motifs is 2. The van der Waals surface area contributed by atoms with E-state index in [-0.39, 0.29) is 22.8 Å². The van der Waals surface area contributed by atoms with Crippen LogP contribution in [0.25, 0.3) is 16.5 Å². The van der Waals surface area contributed by atoms with E-state index in [1.165, 1.54) is 40.3 Å². The SMILES string of the molecule is Cc1ccc(-n2c(O)c(C=Nc3sc4c(c3C(=O)c3cccc(F)c3)CCCC4)c3ccccc3c2=O)cc1. The van der Waals surface area contributed by atoms with Crippen molar-refractivity contribution < 1.29 is 14.3 Å². The van der Waals surface area contributed by atoms with Crippen LogP contribution in [0.4, 0.5) is 9.39 Å². The van der Waals surface area contributed by atoms with E-state index in [9.17, 15) is 19.1 Å². The zero-order valence-corrected chi connectivity index (χ0v) is 22.1. The third-order valence-electron chi connectivity index (χ3n) is 7.17. The summed E-state index contributed by atoms with van der Waals surface area (Å²) in [5.41, 5.74) is 3.36. The highest BCUT2D eigenvalue weighted by atomic mass is 32.1. The molecule has 0 atom stereocenters. The number of aryl methyl sites for hydroxylation is 2. The number of halogens is 1. The summed E-state index contributed by atoms with van der Waals surface area (Å²) >= 11 is 1.46. The molecule has 3 aromatic carbocycles. The first-order chi connectivity index (χ1) is 18.9. The molecule has 0 bridgehead atoms. The number of thiophene rings is 1. The molecule has 0 fully saturated rings. The number of rotatable bonds is 5. The van der Waals surface area contributed by atoms with Crippen LogP contribution < -0.4 is 5.56 Å². The minimum Gasteiger partial charge on any atom is -0.494 e. The molecule has 0 amide bonds. The molecule has 0 saturated carbocycles. The summed E-state index contributed by atoms with van der Waals surface area (Å²) in [6.45, 7) is 1.95. The van der Waals surface area contributed by atoms with E-state index in [0.717, 1.165) is 41.7 Å². The van der Waals surface area contributed by atoms with Gasteiger partial charge in [0.2, 0.25) is 5.88 Å². The lowest BCUT2D eigenvalue weighted by Gasteiger charge is -2.14. The molecule has 1 aliphatic rings. The minimum atomic E-state index is -0.468. The van der Waals surface area contributed by atoms with Gasteiger partial charge in [0, 0.05) is 27.4 Å². The maximum atomic E-state index is 14.0. The summed E-state index contributed by atoms with van der Waals surface area (Å²) in [5, 5.41) is 12.9. The Morgan fingerprint density at radius 1 is 1.00 bits per heavy atom. The lowest BCUT2D eigenvalue weighted by atomic mass is 9.92. The average molecular weight is 537 g/mol. The summed E-state index contributed by atoms with van der Waals surface area (Å²) < 4.78 is 15.2. The van der Waals surface area contributed by atoms with E-state index in [2.05, 4.69) is 0 Å². The van der Waals surface area contributed by atoms with Crippen molar-refractivity contribution in [2.24, 2.45) is 4.99 Å². The minimum absolute atomic E-state index is 0.231. The third kappa shape index (κ3) is 4.49. The number of hydrogen-bond acceptors (Lipinski definition) is 5. The Morgan fingerprint density at radius 2 is 1.74 bits per heavy atom. The van der Waals surface area contributed by atoms with Crippen molar-refractivity contribution in [3.05, 3.63) is 122 Å². The highest BCUT2D eigenvalue weighted by molar-refractivity contribution is 7.16. The maximum Gasteiger partial charge on any atom is 0.265 e. The van der Waals surface area contributed by atoms with Gasteiger partial charge in [-0.2, -0.15) is 0 Å². The van der Waals surface area contributed by atoms with E-state index in [4.69, 9.17) is 4.99 Å². The van der Waals surface area contributed by atoms with Crippen LogP contribution in [0.3, 0.4) is 0 Å². The quantitative estimate of drug-likeness (QED) is 0.193. The zero-order chi connectivity index (χ0) is 27.1. The van der Waals surface area contributed by atoms with Gasteiger partial charge in [-0.05, 0) is 68.5 Å². The van der Waals surface area contributed by atoms with Gasteiger partial charge < -0.3 is 5.11 Å². The number of carbonyl (C=O) groups is 1. The Kier molecular flexibility index (Phi) is 6.45. The topological polar surface area (TPSA) is 71.7 Å². The number of nitrogens with zero attached hydrogens (tertiary/aromatic N) is 2. The van der Waals surface area contributed by atoms with Crippen LogP contribution in [0, 0.1) is 12.7 Å². The maximum absolute atomic E-state index is 14.0. The van der Waals surface area contributed by atoms with Gasteiger partial charge >= 0.3 is 0 Å². The van der Waals surface area contributed by atoms with Crippen molar-refractivity contribution in [1.29, 1.82) is 0 Å². The lowest BCUT2D eigenvalue weighted by molar-refractivity contribution is 0.103. The monoisotopic (exact) mass is 536 g/mol. The molecule has 39 heavy (non-hydrogen) atoms. The van der Waals surface area contributed by atoms with Crippen molar-refractivity contribution in [2.75, 3.05) is 0 Å². The van der Waals surface area contributed by atoms with Crippen molar-refractivity contribution in [1.82, 2.24) is 4.57 Å². The van der Waals surface area contributed by atoms with Crippen molar-refractivity contribution in [2.45, 2.75) is 32.6 Å². The molecular weight excluding hydrogens is 511 g/mol. The second-order valence-electron chi connectivity index (χ2n) is 9.75. The number of ketones is 1. The number of aliphatic imine (C=N–C) groups is 1. The van der Waals surface area contributed by atoms with E-state index in [0.29, 0.717) is 32.6 Å². The molecule has 2 aromatic heterocycles. The molecule has 0 radical (unpaired) electrons. The standard InChI is InChI=1S/C32H25FN2O3S/c1-19-13-15-22(16-14-19)35-31(37)24-10-3-2-9-23(24)26(32(35)38)18-34-30-28(25-11-4-5-12-27(25)39-30)29(36)20-7-6-8-21(33)17-20/h2-3,6-10,13-18,38H,4-5,11-12H2,1H3. The van der Waals surface area contributed by atoms with Crippen LogP contribution in [0.2, 0.25) is 0 Å². The Hall–Kier alpha value is -4.36. The molecule has 6 rings (SSSR count). The molecule has 7 heteroatoms. The Labute approximate surface area is 228 Å². The summed E-state index contributed by atoms with van der Waals surface area (Å²) in [7, 11) is 0. The molecule has 0 unspecified atom stereocenters. The van der Waals surface area contributed by atoms with E-state index in [1.807, 2.05) is 19.1 Å². The lowest BCUT2D eigenvalue weighted by Crippen LogP contribution is -2.20. The first kappa shape index (κ1) is 24.9. The molecule has 0 spiro atoms. The Balaban J connectivity index is 1.53. The van der Waals surface area contributed by atoms with E-state index in [1.54, 1.807) is 42.5 Å². The summed E-state index contributed by atoms with van der Waals surface area (Å²) in [5.74, 6) is -0.963. The number of aromatic hydroxyl groups is 1. The van der Waals surface area contributed by atoms with Crippen molar-refractivity contribution in [3.8, 4) is 11.6 Å². The van der Waals surface area contributed by atoms with Crippen LogP contribution >= 0.6 is 11.3 Å². The van der Waals surface area contributed by atoms with E-state index < -0.39 is 5.82 Å². The fourth-order valence-electron chi connectivity index (χ4n) is 5.20. The Morgan fingerprint density at radius 3 is 2.51 bits per heavy atom. The van der Waals surface area contributed by atoms with Gasteiger partial charge in [-0.15, -0.1) is 11.3 Å². The molecule has 5 nitrogen and oxygen atoms in total. The first-order valence-corrected chi connectivity index (χ1v) is 13.7.